The molecule has 0 amide bonds. The first-order valence-electron chi connectivity index (χ1n) is 59.9. The number of piperidine rings is 6. The molecule has 814 valence electrons. The van der Waals surface area contributed by atoms with Gasteiger partial charge in [0.2, 0.25) is 35.7 Å². The number of ether oxygens (including phenoxy) is 4. The molecule has 8 heterocycles. The monoisotopic (exact) mass is 1980 g/mol. The molecule has 0 aromatic carbocycles. The summed E-state index contributed by atoms with van der Waals surface area (Å²) in [6.07, 6.45) is 56.8. The molecule has 12 fully saturated rings. The van der Waals surface area contributed by atoms with E-state index in [0.717, 1.165) is 257 Å². The van der Waals surface area contributed by atoms with Crippen LogP contribution in [-0.4, -0.2) is 267 Å². The van der Waals surface area contributed by atoms with E-state index in [-0.39, 0.29) is 141 Å². The van der Waals surface area contributed by atoms with Gasteiger partial charge in [0, 0.05) is 117 Å². The molecule has 6 aliphatic carbocycles. The lowest BCUT2D eigenvalue weighted by atomic mass is 9.65. The maximum absolute atomic E-state index is 7.80. The number of nitrogens with one attached hydrogen (secondary N) is 4. The van der Waals surface area contributed by atoms with E-state index in [0.29, 0.717) is 23.8 Å². The zero-order valence-corrected chi connectivity index (χ0v) is 96.5. The van der Waals surface area contributed by atoms with Gasteiger partial charge in [-0.05, 0) is 360 Å². The number of hydroxylamine groups is 4. The van der Waals surface area contributed by atoms with E-state index in [2.05, 4.69) is 255 Å². The van der Waals surface area contributed by atoms with Crippen LogP contribution in [0.15, 0.2) is 0 Å². The first kappa shape index (κ1) is 114. The predicted molar refractivity (Wildman–Crippen MR) is 589 cm³/mol. The van der Waals surface area contributed by atoms with Crippen LogP contribution in [0.5, 0.6) is 0 Å². The van der Waals surface area contributed by atoms with E-state index in [1.165, 1.54) is 116 Å². The molecule has 142 heavy (non-hydrogen) atoms. The van der Waals surface area contributed by atoms with Crippen LogP contribution in [0.1, 0.15) is 487 Å². The largest absolute Gasteiger partial charge is 0.370 e. The third-order valence-corrected chi connectivity index (χ3v) is 41.0. The molecule has 6 saturated heterocycles. The molecule has 12 aliphatic rings. The minimum atomic E-state index is -0.460. The number of aromatic nitrogens is 6. The predicted octanol–water partition coefficient (Wildman–Crippen LogP) is 26.2. The van der Waals surface area contributed by atoms with Gasteiger partial charge in [-0.15, -0.1) is 0 Å². The number of hydrogen-bond donors (Lipinski definition) is 4. The lowest BCUT2D eigenvalue weighted by Crippen LogP contribution is -2.69. The van der Waals surface area contributed by atoms with E-state index in [1.54, 1.807) is 0 Å². The van der Waals surface area contributed by atoms with Crippen molar-refractivity contribution in [3.05, 3.63) is 0 Å². The lowest BCUT2D eigenvalue weighted by molar-refractivity contribution is -0.310. The molecule has 14 rings (SSSR count). The summed E-state index contributed by atoms with van der Waals surface area (Å²) in [6, 6.07) is 0.284. The minimum absolute atomic E-state index is 0.0329. The fourth-order valence-corrected chi connectivity index (χ4v) is 30.8. The van der Waals surface area contributed by atoms with Crippen LogP contribution in [0, 0.1) is 23.7 Å². The highest BCUT2D eigenvalue weighted by atomic mass is 16.7. The molecule has 24 nitrogen and oxygen atoms in total. The Balaban J connectivity index is 0.859. The van der Waals surface area contributed by atoms with Gasteiger partial charge in [-0.2, -0.15) is 40.0 Å². The fraction of sp³-hybridized carbons (Fsp3) is 0.949. The number of unbranched alkanes of at least 4 members (excludes halogenated alkanes) is 3. The molecule has 6 aliphatic heterocycles. The van der Waals surface area contributed by atoms with Crippen molar-refractivity contribution in [3.63, 3.8) is 0 Å². The van der Waals surface area contributed by atoms with Crippen molar-refractivity contribution in [2.75, 3.05) is 98.5 Å². The topological polar surface area (TPSA) is 207 Å². The summed E-state index contributed by atoms with van der Waals surface area (Å²) in [4.78, 5) is 66.2. The Morgan fingerprint density at radius 1 is 0.275 bits per heavy atom. The summed E-state index contributed by atoms with van der Waals surface area (Å²) >= 11 is 0. The zero-order chi connectivity index (χ0) is 102. The zero-order valence-electron chi connectivity index (χ0n) is 96.5. The number of hydrogen-bond acceptors (Lipinski definition) is 24. The Kier molecular flexibility index (Phi) is 38.6. The number of likely N-dealkylation sites (N-methyl/N-ethyl adjacent to an activating group) is 4. The van der Waals surface area contributed by atoms with Crippen molar-refractivity contribution in [2.24, 2.45) is 23.7 Å². The summed E-state index contributed by atoms with van der Waals surface area (Å²) in [6.45, 7) is 64.3. The summed E-state index contributed by atoms with van der Waals surface area (Å²) in [5.74, 6) is 4.94. The van der Waals surface area contributed by atoms with Gasteiger partial charge in [0.25, 0.3) is 0 Å². The van der Waals surface area contributed by atoms with E-state index in [4.69, 9.17) is 58.5 Å². The van der Waals surface area contributed by atoms with Gasteiger partial charge in [-0.1, -0.05) is 182 Å². The summed E-state index contributed by atoms with van der Waals surface area (Å²) in [5.41, 5.74) is -4.06. The average Bonchev–Trinajstić information content (AvgIpc) is 0.746. The first-order valence-corrected chi connectivity index (χ1v) is 59.9. The SMILES string of the molecule is CCCC(Nc1nc(NC(CCC)C2CCN(C)C(C)(C)C2(C)OC2CCCCC2)nc(N(CCCCCCN(c2nc(NC(CCC)C3CCN(C)C(C)(C)C3(C)OC3CCCCC3)nc(NC(CCC)C3CCN(C)C(C)(C)C3(C)OC3CCCCC3)n2)C2CC(C)(C)N(OC3CCCCC3)C(C)(C)C2)C2CC(C)(C)N(OC3CCCCC3)C(C)(C)C2)n1)C1CCN(C)C(C)(C)C1(C)OC1CCCCC1. The maximum Gasteiger partial charge on any atom is 0.232 e. The highest BCUT2D eigenvalue weighted by Crippen LogP contribution is 2.55. The molecule has 6 saturated carbocycles. The van der Waals surface area contributed by atoms with Crippen molar-refractivity contribution in [2.45, 2.75) is 627 Å². The Hall–Kier alpha value is -3.66. The van der Waals surface area contributed by atoms with Crippen molar-refractivity contribution in [3.8, 4) is 0 Å². The van der Waals surface area contributed by atoms with Gasteiger partial charge < -0.3 is 50.0 Å². The van der Waals surface area contributed by atoms with Gasteiger partial charge in [-0.3, -0.25) is 29.3 Å². The van der Waals surface area contributed by atoms with Gasteiger partial charge in [-0.25, -0.2) is 0 Å². The van der Waals surface area contributed by atoms with E-state index in [1.807, 2.05) is 0 Å². The number of rotatable bonds is 43. The van der Waals surface area contributed by atoms with Crippen LogP contribution in [0.25, 0.3) is 0 Å². The molecule has 2 aromatic heterocycles. The Bertz CT molecular complexity index is 3690. The molecule has 12 atom stereocenters. The number of likely N-dealkylation sites (tertiary alicyclic amines) is 4. The smallest absolute Gasteiger partial charge is 0.232 e. The second kappa shape index (κ2) is 48.1. The van der Waals surface area contributed by atoms with Gasteiger partial charge in [0.15, 0.2) is 0 Å². The molecule has 4 N–H and O–H groups in total. The summed E-state index contributed by atoms with van der Waals surface area (Å²) < 4.78 is 31.2. The third kappa shape index (κ3) is 25.4. The van der Waals surface area contributed by atoms with Gasteiger partial charge >= 0.3 is 0 Å². The highest BCUT2D eigenvalue weighted by molar-refractivity contribution is 5.49. The van der Waals surface area contributed by atoms with Crippen LogP contribution in [-0.2, 0) is 28.6 Å². The molecule has 24 heteroatoms. The van der Waals surface area contributed by atoms with Crippen molar-refractivity contribution < 1.29 is 28.6 Å². The second-order valence-corrected chi connectivity index (χ2v) is 53.7. The van der Waals surface area contributed by atoms with E-state index in [9.17, 15) is 0 Å². The van der Waals surface area contributed by atoms with Gasteiger partial charge in [0.1, 0.15) is 0 Å². The molecule has 0 spiro atoms. The highest BCUT2D eigenvalue weighted by Gasteiger charge is 2.63. The second-order valence-electron chi connectivity index (χ2n) is 53.7. The molecule has 0 radical (unpaired) electrons. The van der Waals surface area contributed by atoms with Crippen LogP contribution >= 0.6 is 0 Å². The van der Waals surface area contributed by atoms with Crippen molar-refractivity contribution in [1.82, 2.24) is 59.6 Å². The number of anilines is 6. The van der Waals surface area contributed by atoms with Crippen molar-refractivity contribution >= 4 is 35.7 Å². The van der Waals surface area contributed by atoms with Crippen LogP contribution < -0.4 is 31.1 Å². The van der Waals surface area contributed by atoms with Crippen molar-refractivity contribution in [1.29, 1.82) is 0 Å². The Morgan fingerprint density at radius 2 is 0.479 bits per heavy atom. The van der Waals surface area contributed by atoms with E-state index >= 15 is 0 Å². The lowest BCUT2D eigenvalue weighted by Gasteiger charge is -2.59. The normalized spacial score (nSPS) is 31.7. The average molecular weight is 1980 g/mol. The molecule has 0 bridgehead atoms. The minimum Gasteiger partial charge on any atom is -0.370 e. The standard InChI is InChI=1S/C118H216N18O6/c1-29-55-97(93-71-77-129(25)111(13,14)115(93,21)137-87-59-41-35-42-60-87)119-101-123-102(120-98(56-30-2)94-72-78-130(26)112(15,16)116(94,22)138-88-61-43-36-44-62-88)126-105(125-101)133(85-81-107(5,6)135(108(7,8)82-85)141-91-67-49-39-50-68-91)75-53-33-34-54-76-134(86-83-109(9,10)136(110(11,12)84-86)142-92-69-51-40-52-70-92)106-127-103(121-99(57-31-3)95-73-79-131(27)113(17,18)117(95,23)139-89-63-45-37-46-64-89)124-104(128-106)122-100(58-32-4)96-74-80-132(28)114(19,20)118(96,24)140-90-65-47-38-48-66-90/h85-100H,29-84H2,1-28H3,(H2,119,120,123,125,126)(H2,121,122,124,127,128). The molecular formula is C118H216N18O6. The third-order valence-electron chi connectivity index (χ3n) is 41.0. The van der Waals surface area contributed by atoms with Gasteiger partial charge in [0.05, 0.1) is 59.0 Å². The fourth-order valence-electron chi connectivity index (χ4n) is 30.8. The van der Waals surface area contributed by atoms with Crippen LogP contribution in [0.4, 0.5) is 35.7 Å². The summed E-state index contributed by atoms with van der Waals surface area (Å²) in [7, 11) is 9.34. The molecule has 2 aromatic rings. The first-order chi connectivity index (χ1) is 67.3. The van der Waals surface area contributed by atoms with Crippen LogP contribution in [0.3, 0.4) is 0 Å². The molecule has 12 unspecified atom stereocenters. The number of nitrogens with zero attached hydrogens (tertiary/aromatic N) is 14. The Labute approximate surface area is 867 Å². The molecular weight excluding hydrogens is 1770 g/mol. The Morgan fingerprint density at radius 3 is 0.683 bits per heavy atom. The summed E-state index contributed by atoms with van der Waals surface area (Å²) in [5, 5.41) is 22.2. The van der Waals surface area contributed by atoms with Crippen LogP contribution in [0.2, 0.25) is 0 Å². The quantitative estimate of drug-likeness (QED) is 0.0455. The van der Waals surface area contributed by atoms with E-state index < -0.39 is 22.4 Å². The maximum atomic E-state index is 7.80.